The number of carbonyl (C=O) groups excluding carboxylic acids is 2. The highest BCUT2D eigenvalue weighted by Crippen LogP contribution is 2.29. The second kappa shape index (κ2) is 8.19. The van der Waals surface area contributed by atoms with Crippen molar-refractivity contribution >= 4 is 17.5 Å². The molecule has 0 aliphatic rings. The molecule has 2 N–H and O–H groups in total. The lowest BCUT2D eigenvalue weighted by atomic mass is 10.1. The van der Waals surface area contributed by atoms with Gasteiger partial charge in [0.05, 0.1) is 19.9 Å². The molecule has 2 aromatic carbocycles. The zero-order chi connectivity index (χ0) is 18.4. The summed E-state index contributed by atoms with van der Waals surface area (Å²) in [6.45, 7) is 3.76. The summed E-state index contributed by atoms with van der Waals surface area (Å²) in [5, 5.41) is 5.58. The number of ether oxygens (including phenoxy) is 2. The molecule has 0 bridgehead atoms. The molecule has 0 atom stereocenters. The van der Waals surface area contributed by atoms with Gasteiger partial charge in [-0.3, -0.25) is 9.59 Å². The van der Waals surface area contributed by atoms with Gasteiger partial charge in [-0.2, -0.15) is 0 Å². The van der Waals surface area contributed by atoms with Crippen LogP contribution in [0.15, 0.2) is 42.5 Å². The zero-order valence-corrected chi connectivity index (χ0v) is 14.8. The smallest absolute Gasteiger partial charge is 0.255 e. The first-order valence-electron chi connectivity index (χ1n) is 7.89. The van der Waals surface area contributed by atoms with Gasteiger partial charge in [0.25, 0.3) is 11.8 Å². The SMILES string of the molecule is COc1ccc(OC)c(NC(=O)c2cccc(C(=O)NC(C)C)c2)c1. The Morgan fingerprint density at radius 3 is 2.20 bits per heavy atom. The van der Waals surface area contributed by atoms with E-state index in [0.29, 0.717) is 28.3 Å². The summed E-state index contributed by atoms with van der Waals surface area (Å²) in [7, 11) is 3.07. The Kier molecular flexibility index (Phi) is 6.00. The highest BCUT2D eigenvalue weighted by atomic mass is 16.5. The topological polar surface area (TPSA) is 76.7 Å². The Labute approximate surface area is 147 Å². The molecule has 2 aromatic rings. The maximum atomic E-state index is 12.5. The lowest BCUT2D eigenvalue weighted by molar-refractivity contribution is 0.0943. The number of nitrogens with one attached hydrogen (secondary N) is 2. The Hall–Kier alpha value is -3.02. The molecule has 0 saturated heterocycles. The predicted octanol–water partition coefficient (Wildman–Crippen LogP) is 3.09. The maximum absolute atomic E-state index is 12.5. The first kappa shape index (κ1) is 18.3. The highest BCUT2D eigenvalue weighted by Gasteiger charge is 2.14. The van der Waals surface area contributed by atoms with E-state index in [4.69, 9.17) is 9.47 Å². The molecule has 0 aliphatic carbocycles. The van der Waals surface area contributed by atoms with Gasteiger partial charge in [-0.05, 0) is 44.2 Å². The van der Waals surface area contributed by atoms with Gasteiger partial charge < -0.3 is 20.1 Å². The minimum absolute atomic E-state index is 0.0195. The van der Waals surface area contributed by atoms with Crippen molar-refractivity contribution in [1.29, 1.82) is 0 Å². The molecule has 0 aromatic heterocycles. The molecule has 25 heavy (non-hydrogen) atoms. The third-order valence-electron chi connectivity index (χ3n) is 3.46. The molecule has 132 valence electrons. The van der Waals surface area contributed by atoms with Crippen LogP contribution in [0.25, 0.3) is 0 Å². The number of benzene rings is 2. The van der Waals surface area contributed by atoms with Crippen molar-refractivity contribution in [2.24, 2.45) is 0 Å². The van der Waals surface area contributed by atoms with Crippen molar-refractivity contribution in [2.45, 2.75) is 19.9 Å². The van der Waals surface area contributed by atoms with Crippen LogP contribution in [0.4, 0.5) is 5.69 Å². The number of methoxy groups -OCH3 is 2. The molecule has 2 rings (SSSR count). The lowest BCUT2D eigenvalue weighted by Gasteiger charge is -2.12. The van der Waals surface area contributed by atoms with Crippen LogP contribution in [0.3, 0.4) is 0 Å². The van der Waals surface area contributed by atoms with Gasteiger partial charge >= 0.3 is 0 Å². The van der Waals surface area contributed by atoms with Gasteiger partial charge in [0.15, 0.2) is 0 Å². The fourth-order valence-electron chi connectivity index (χ4n) is 2.25. The van der Waals surface area contributed by atoms with Crippen molar-refractivity contribution in [3.05, 3.63) is 53.6 Å². The van der Waals surface area contributed by atoms with E-state index in [-0.39, 0.29) is 17.9 Å². The van der Waals surface area contributed by atoms with Crippen molar-refractivity contribution in [3.63, 3.8) is 0 Å². The Bertz CT molecular complexity index is 772. The van der Waals surface area contributed by atoms with Crippen LogP contribution < -0.4 is 20.1 Å². The molecule has 2 amide bonds. The number of rotatable bonds is 6. The van der Waals surface area contributed by atoms with Crippen molar-refractivity contribution in [1.82, 2.24) is 5.32 Å². The van der Waals surface area contributed by atoms with E-state index in [2.05, 4.69) is 10.6 Å². The molecular formula is C19H22N2O4. The first-order valence-corrected chi connectivity index (χ1v) is 7.89. The molecule has 6 nitrogen and oxygen atoms in total. The van der Waals surface area contributed by atoms with Crippen molar-refractivity contribution < 1.29 is 19.1 Å². The fraction of sp³-hybridized carbons (Fsp3) is 0.263. The predicted molar refractivity (Wildman–Crippen MR) is 96.5 cm³/mol. The zero-order valence-electron chi connectivity index (χ0n) is 14.8. The number of carbonyl (C=O) groups is 2. The van der Waals surface area contributed by atoms with Gasteiger partial charge in [0.2, 0.25) is 0 Å². The lowest BCUT2D eigenvalue weighted by Crippen LogP contribution is -2.30. The van der Waals surface area contributed by atoms with Gasteiger partial charge in [-0.15, -0.1) is 0 Å². The number of anilines is 1. The largest absolute Gasteiger partial charge is 0.497 e. The summed E-state index contributed by atoms with van der Waals surface area (Å²) in [5.74, 6) is 0.554. The normalized spacial score (nSPS) is 10.3. The van der Waals surface area contributed by atoms with Gasteiger partial charge in [-0.1, -0.05) is 6.07 Å². The second-order valence-electron chi connectivity index (χ2n) is 5.73. The van der Waals surface area contributed by atoms with E-state index in [0.717, 1.165) is 0 Å². The molecule has 0 spiro atoms. The Morgan fingerprint density at radius 1 is 0.920 bits per heavy atom. The highest BCUT2D eigenvalue weighted by molar-refractivity contribution is 6.06. The number of hydrogen-bond acceptors (Lipinski definition) is 4. The number of hydrogen-bond donors (Lipinski definition) is 2. The molecule has 0 fully saturated rings. The van der Waals surface area contributed by atoms with Crippen LogP contribution in [0.1, 0.15) is 34.6 Å². The summed E-state index contributed by atoms with van der Waals surface area (Å²) in [6.07, 6.45) is 0. The van der Waals surface area contributed by atoms with E-state index in [1.807, 2.05) is 13.8 Å². The molecule has 0 heterocycles. The average molecular weight is 342 g/mol. The summed E-state index contributed by atoms with van der Waals surface area (Å²) in [4.78, 5) is 24.6. The third-order valence-corrected chi connectivity index (χ3v) is 3.46. The number of amides is 2. The minimum Gasteiger partial charge on any atom is -0.497 e. The molecule has 0 unspecified atom stereocenters. The molecule has 0 aliphatic heterocycles. The van der Waals surface area contributed by atoms with Crippen LogP contribution in [-0.2, 0) is 0 Å². The first-order chi connectivity index (χ1) is 11.9. The van der Waals surface area contributed by atoms with E-state index in [1.165, 1.54) is 7.11 Å². The Balaban J connectivity index is 2.23. The van der Waals surface area contributed by atoms with Gasteiger partial charge in [0.1, 0.15) is 11.5 Å². The summed E-state index contributed by atoms with van der Waals surface area (Å²) < 4.78 is 10.4. The Morgan fingerprint density at radius 2 is 1.60 bits per heavy atom. The molecular weight excluding hydrogens is 320 g/mol. The van der Waals surface area contributed by atoms with Crippen LogP contribution in [0.2, 0.25) is 0 Å². The molecule has 0 radical (unpaired) electrons. The van der Waals surface area contributed by atoms with Gasteiger partial charge in [-0.25, -0.2) is 0 Å². The van der Waals surface area contributed by atoms with E-state index in [9.17, 15) is 9.59 Å². The van der Waals surface area contributed by atoms with Crippen LogP contribution in [-0.4, -0.2) is 32.1 Å². The van der Waals surface area contributed by atoms with E-state index < -0.39 is 0 Å². The molecule has 0 saturated carbocycles. The minimum atomic E-state index is -0.342. The average Bonchev–Trinajstić information content (AvgIpc) is 2.61. The summed E-state index contributed by atoms with van der Waals surface area (Å²) >= 11 is 0. The third kappa shape index (κ3) is 4.73. The van der Waals surface area contributed by atoms with Crippen LogP contribution in [0, 0.1) is 0 Å². The maximum Gasteiger partial charge on any atom is 0.255 e. The standard InChI is InChI=1S/C19H22N2O4/c1-12(2)20-18(22)13-6-5-7-14(10-13)19(23)21-16-11-15(24-3)8-9-17(16)25-4/h5-12H,1-4H3,(H,20,22)(H,21,23). The van der Waals surface area contributed by atoms with Crippen LogP contribution in [0.5, 0.6) is 11.5 Å². The second-order valence-corrected chi connectivity index (χ2v) is 5.73. The van der Waals surface area contributed by atoms with E-state index in [1.54, 1.807) is 49.6 Å². The van der Waals surface area contributed by atoms with Crippen molar-refractivity contribution in [3.8, 4) is 11.5 Å². The molecule has 6 heteroatoms. The fourth-order valence-corrected chi connectivity index (χ4v) is 2.25. The van der Waals surface area contributed by atoms with Gasteiger partial charge in [0, 0.05) is 23.2 Å². The monoisotopic (exact) mass is 342 g/mol. The quantitative estimate of drug-likeness (QED) is 0.846. The summed E-state index contributed by atoms with van der Waals surface area (Å²) in [5.41, 5.74) is 1.30. The van der Waals surface area contributed by atoms with Crippen molar-refractivity contribution in [2.75, 3.05) is 19.5 Å². The summed E-state index contributed by atoms with van der Waals surface area (Å²) in [6, 6.07) is 11.7. The van der Waals surface area contributed by atoms with E-state index >= 15 is 0 Å². The van der Waals surface area contributed by atoms with Crippen LogP contribution >= 0.6 is 0 Å².